The van der Waals surface area contributed by atoms with E-state index in [9.17, 15) is 0 Å². The zero-order valence-electron chi connectivity index (χ0n) is 22.1. The van der Waals surface area contributed by atoms with Gasteiger partial charge in [-0.3, -0.25) is 4.90 Å². The molecule has 0 spiro atoms. The number of rotatable bonds is 8. The molecule has 4 aliphatic rings. The Hall–Kier alpha value is -2.89. The molecular weight excluding hydrogens is 522 g/mol. The fourth-order valence-corrected chi connectivity index (χ4v) is 5.33. The fraction of sp³-hybridized carbons (Fsp3) is 0.500. The molecule has 2 aromatic rings. The number of hydrogen-bond donors (Lipinski definition) is 1. The van der Waals surface area contributed by atoms with Gasteiger partial charge in [0.1, 0.15) is 36.3 Å². The van der Waals surface area contributed by atoms with Gasteiger partial charge in [-0.05, 0) is 44.2 Å². The number of nitrogens with zero attached hydrogens (tertiary/aromatic N) is 4. The summed E-state index contributed by atoms with van der Waals surface area (Å²) >= 11 is 6.58. The highest BCUT2D eigenvalue weighted by molar-refractivity contribution is 6.33. The quantitative estimate of drug-likeness (QED) is 0.515. The third kappa shape index (κ3) is 6.15. The number of hydrogen-bond acceptors (Lipinski definition) is 10. The normalized spacial score (nSPS) is 21.8. The van der Waals surface area contributed by atoms with E-state index in [1.54, 1.807) is 12.1 Å². The Morgan fingerprint density at radius 2 is 1.95 bits per heavy atom. The van der Waals surface area contributed by atoms with E-state index >= 15 is 0 Å². The van der Waals surface area contributed by atoms with E-state index in [0.29, 0.717) is 47.8 Å². The van der Waals surface area contributed by atoms with Crippen LogP contribution >= 0.6 is 11.6 Å². The number of allylic oxidation sites excluding steroid dienone is 1. The van der Waals surface area contributed by atoms with E-state index in [1.807, 2.05) is 18.2 Å². The van der Waals surface area contributed by atoms with Crippen molar-refractivity contribution >= 4 is 29.2 Å². The number of benzene rings is 1. The van der Waals surface area contributed by atoms with Gasteiger partial charge in [0.2, 0.25) is 6.79 Å². The molecule has 1 N–H and O–H groups in total. The lowest BCUT2D eigenvalue weighted by molar-refractivity contribution is -0.0545. The number of anilines is 2. The van der Waals surface area contributed by atoms with E-state index in [2.05, 4.69) is 32.1 Å². The van der Waals surface area contributed by atoms with Crippen LogP contribution in [0.5, 0.6) is 11.5 Å². The van der Waals surface area contributed by atoms with Crippen LogP contribution in [0.2, 0.25) is 5.02 Å². The largest absolute Gasteiger partial charge is 0.492 e. The summed E-state index contributed by atoms with van der Waals surface area (Å²) in [6, 6.07) is 3.57. The first-order chi connectivity index (χ1) is 19.1. The van der Waals surface area contributed by atoms with Gasteiger partial charge in [0.15, 0.2) is 11.5 Å². The lowest BCUT2D eigenvalue weighted by Gasteiger charge is -2.32. The summed E-state index contributed by atoms with van der Waals surface area (Å²) in [5.41, 5.74) is 2.13. The first kappa shape index (κ1) is 26.3. The van der Waals surface area contributed by atoms with Gasteiger partial charge in [-0.2, -0.15) is 0 Å². The van der Waals surface area contributed by atoms with E-state index < -0.39 is 6.10 Å². The second-order valence-electron chi connectivity index (χ2n) is 10.1. The Morgan fingerprint density at radius 1 is 1.10 bits per heavy atom. The molecule has 39 heavy (non-hydrogen) atoms. The van der Waals surface area contributed by atoms with Gasteiger partial charge >= 0.3 is 0 Å². The predicted molar refractivity (Wildman–Crippen MR) is 148 cm³/mol. The molecule has 1 aliphatic carbocycles. The van der Waals surface area contributed by atoms with Crippen molar-refractivity contribution in [2.45, 2.75) is 25.0 Å². The molecule has 0 bridgehead atoms. The molecule has 3 aliphatic heterocycles. The number of nitrogens with one attached hydrogen (secondary N) is 1. The smallest absolute Gasteiger partial charge is 0.231 e. The third-order valence-corrected chi connectivity index (χ3v) is 7.74. The molecule has 2 fully saturated rings. The topological polar surface area (TPSA) is 90.4 Å². The Morgan fingerprint density at radius 3 is 2.79 bits per heavy atom. The van der Waals surface area contributed by atoms with E-state index in [1.165, 1.54) is 6.33 Å². The molecule has 11 heteroatoms. The summed E-state index contributed by atoms with van der Waals surface area (Å²) in [5, 5.41) is 3.89. The van der Waals surface area contributed by atoms with Crippen molar-refractivity contribution in [1.82, 2.24) is 19.8 Å². The van der Waals surface area contributed by atoms with Crippen LogP contribution in [0.15, 0.2) is 36.4 Å². The van der Waals surface area contributed by atoms with Crippen LogP contribution in [0.25, 0.3) is 6.08 Å². The van der Waals surface area contributed by atoms with Crippen LogP contribution in [0.3, 0.4) is 0 Å². The van der Waals surface area contributed by atoms with Crippen molar-refractivity contribution in [3.8, 4) is 11.5 Å². The van der Waals surface area contributed by atoms with E-state index in [0.717, 1.165) is 62.6 Å². The molecule has 0 radical (unpaired) electrons. The Balaban J connectivity index is 1.27. The maximum atomic E-state index is 6.62. The highest BCUT2D eigenvalue weighted by atomic mass is 35.5. The number of ether oxygens (including phenoxy) is 5. The van der Waals surface area contributed by atoms with Gasteiger partial charge in [0.25, 0.3) is 0 Å². The van der Waals surface area contributed by atoms with Gasteiger partial charge in [0.05, 0.1) is 22.4 Å². The number of piperazine rings is 1. The summed E-state index contributed by atoms with van der Waals surface area (Å²) in [7, 11) is 2.16. The van der Waals surface area contributed by atoms with Crippen molar-refractivity contribution in [1.29, 1.82) is 0 Å². The van der Waals surface area contributed by atoms with Crippen LogP contribution in [0.1, 0.15) is 30.2 Å². The van der Waals surface area contributed by atoms with Crippen LogP contribution in [-0.4, -0.2) is 92.3 Å². The number of likely N-dealkylation sites (N-methyl/N-ethyl adjacent to an activating group) is 1. The second kappa shape index (κ2) is 12.1. The minimum absolute atomic E-state index is 0.0651. The number of fused-ring (bicyclic) bond motifs is 2. The zero-order valence-corrected chi connectivity index (χ0v) is 22.9. The van der Waals surface area contributed by atoms with E-state index in [-0.39, 0.29) is 12.9 Å². The average molecular weight is 556 g/mol. The minimum atomic E-state index is -0.394. The molecule has 1 unspecified atom stereocenters. The molecule has 2 saturated heterocycles. The molecule has 10 nitrogen and oxygen atoms in total. The highest BCUT2D eigenvalue weighted by Crippen LogP contribution is 2.46. The van der Waals surface area contributed by atoms with Crippen molar-refractivity contribution in [2.75, 3.05) is 71.7 Å². The molecule has 0 amide bonds. The van der Waals surface area contributed by atoms with E-state index in [4.69, 9.17) is 35.3 Å². The second-order valence-corrected chi connectivity index (χ2v) is 10.5. The minimum Gasteiger partial charge on any atom is -0.492 e. The zero-order chi connectivity index (χ0) is 26.6. The standard InChI is InChI=1S/C28H34ClN5O5/c1-33-8-10-34(11-9-33)12-15-36-20-2-4-23(39-19-6-13-35-14-7-19)25-22(16-20)30-17-31-28(25)32-26-21(29)3-5-24-27(26)38-18-37-24/h2-5,16-17,19,23H,6-15,18H2,1H3,(H,30,31,32). The average Bonchev–Trinajstić information content (AvgIpc) is 3.36. The Labute approximate surface area is 233 Å². The van der Waals surface area contributed by atoms with Crippen LogP contribution in [0.4, 0.5) is 11.5 Å². The molecule has 6 rings (SSSR count). The Bertz CT molecular complexity index is 1230. The molecule has 1 atom stereocenters. The lowest BCUT2D eigenvalue weighted by atomic mass is 10.1. The molecule has 1 aromatic heterocycles. The maximum absolute atomic E-state index is 6.62. The molecule has 1 aromatic carbocycles. The SMILES string of the molecule is CN1CCN(CCOC2=Cc3ncnc(Nc4c(Cl)ccc5c4OCO5)c3C(OC3CCOCC3)C=C2)CC1. The number of halogens is 1. The lowest BCUT2D eigenvalue weighted by Crippen LogP contribution is -2.45. The summed E-state index contributed by atoms with van der Waals surface area (Å²) in [4.78, 5) is 14.0. The maximum Gasteiger partial charge on any atom is 0.231 e. The van der Waals surface area contributed by atoms with Crippen LogP contribution in [-0.2, 0) is 14.2 Å². The van der Waals surface area contributed by atoms with Gasteiger partial charge in [0, 0.05) is 52.0 Å². The van der Waals surface area contributed by atoms with Crippen molar-refractivity contribution in [3.63, 3.8) is 0 Å². The fourth-order valence-electron chi connectivity index (χ4n) is 5.14. The Kier molecular flexibility index (Phi) is 8.17. The van der Waals surface area contributed by atoms with Crippen LogP contribution < -0.4 is 14.8 Å². The van der Waals surface area contributed by atoms with Crippen LogP contribution in [0, 0.1) is 0 Å². The summed E-state index contributed by atoms with van der Waals surface area (Å²) < 4.78 is 29.7. The van der Waals surface area contributed by atoms with Crippen molar-refractivity contribution in [2.24, 2.45) is 0 Å². The van der Waals surface area contributed by atoms with Crippen molar-refractivity contribution < 1.29 is 23.7 Å². The summed E-state index contributed by atoms with van der Waals surface area (Å²) in [6.07, 6.45) is 8.82. The molecule has 4 heterocycles. The first-order valence-electron chi connectivity index (χ1n) is 13.5. The van der Waals surface area contributed by atoms with Gasteiger partial charge in [-0.25, -0.2) is 9.97 Å². The molecular formula is C28H34ClN5O5. The number of aromatic nitrogens is 2. The van der Waals surface area contributed by atoms with Gasteiger partial charge in [-0.1, -0.05) is 11.6 Å². The predicted octanol–water partition coefficient (Wildman–Crippen LogP) is 4.01. The summed E-state index contributed by atoms with van der Waals surface area (Å²) in [6.45, 7) is 7.27. The van der Waals surface area contributed by atoms with Gasteiger partial charge < -0.3 is 33.9 Å². The first-order valence-corrected chi connectivity index (χ1v) is 13.9. The van der Waals surface area contributed by atoms with Crippen molar-refractivity contribution in [3.05, 3.63) is 52.7 Å². The van der Waals surface area contributed by atoms with Gasteiger partial charge in [-0.15, -0.1) is 0 Å². The highest BCUT2D eigenvalue weighted by Gasteiger charge is 2.28. The summed E-state index contributed by atoms with van der Waals surface area (Å²) in [5.74, 6) is 2.52. The third-order valence-electron chi connectivity index (χ3n) is 7.42. The molecule has 0 saturated carbocycles. The monoisotopic (exact) mass is 555 g/mol. The molecule has 208 valence electrons.